The van der Waals surface area contributed by atoms with Gasteiger partial charge in [-0.3, -0.25) is 4.90 Å². The minimum atomic E-state index is 0.167. The molecule has 0 aliphatic carbocycles. The van der Waals surface area contributed by atoms with Gasteiger partial charge in [-0.2, -0.15) is 0 Å². The molecule has 0 radical (unpaired) electrons. The van der Waals surface area contributed by atoms with E-state index in [2.05, 4.69) is 55.7 Å². The number of para-hydroxylation sites is 1. The summed E-state index contributed by atoms with van der Waals surface area (Å²) in [5.41, 5.74) is 2.75. The van der Waals surface area contributed by atoms with Gasteiger partial charge in [0.05, 0.1) is 12.3 Å². The van der Waals surface area contributed by atoms with Gasteiger partial charge < -0.3 is 14.4 Å². The molecule has 2 aliphatic rings. The van der Waals surface area contributed by atoms with Crippen LogP contribution < -0.4 is 9.64 Å². The van der Waals surface area contributed by atoms with Crippen molar-refractivity contribution in [3.8, 4) is 5.75 Å². The van der Waals surface area contributed by atoms with Crippen LogP contribution in [0.15, 0.2) is 18.2 Å². The van der Waals surface area contributed by atoms with Crippen molar-refractivity contribution in [1.29, 1.82) is 0 Å². The summed E-state index contributed by atoms with van der Waals surface area (Å²) in [6, 6.07) is 6.53. The van der Waals surface area contributed by atoms with Crippen LogP contribution in [0.2, 0.25) is 0 Å². The number of benzene rings is 1. The maximum atomic E-state index is 6.32. The van der Waals surface area contributed by atoms with Crippen LogP contribution in [0.1, 0.15) is 39.7 Å². The van der Waals surface area contributed by atoms with Crippen LogP contribution in [0.25, 0.3) is 0 Å². The van der Waals surface area contributed by atoms with Crippen molar-refractivity contribution in [2.24, 2.45) is 11.8 Å². The van der Waals surface area contributed by atoms with Crippen molar-refractivity contribution in [2.75, 3.05) is 50.8 Å². The van der Waals surface area contributed by atoms with Crippen molar-refractivity contribution in [1.82, 2.24) is 4.90 Å². The molecule has 1 aromatic carbocycles. The van der Waals surface area contributed by atoms with Gasteiger partial charge in [-0.15, -0.1) is 0 Å². The molecular weight excluding hydrogens is 324 g/mol. The molecule has 26 heavy (non-hydrogen) atoms. The Morgan fingerprint density at radius 2 is 1.92 bits per heavy atom. The third-order valence-electron chi connectivity index (χ3n) is 5.13. The Labute approximate surface area is 159 Å². The Morgan fingerprint density at radius 3 is 2.69 bits per heavy atom. The van der Waals surface area contributed by atoms with E-state index in [-0.39, 0.29) is 6.10 Å². The first-order chi connectivity index (χ1) is 12.5. The average molecular weight is 361 g/mol. The van der Waals surface area contributed by atoms with Gasteiger partial charge in [0.1, 0.15) is 18.5 Å². The van der Waals surface area contributed by atoms with Crippen LogP contribution in [-0.2, 0) is 11.2 Å². The highest BCUT2D eigenvalue weighted by Gasteiger charge is 2.24. The number of hydrogen-bond acceptors (Lipinski definition) is 4. The Hall–Kier alpha value is -1.26. The molecule has 0 amide bonds. The number of nitrogens with zero attached hydrogens (tertiary/aromatic N) is 2. The van der Waals surface area contributed by atoms with Crippen LogP contribution >= 0.6 is 0 Å². The van der Waals surface area contributed by atoms with Gasteiger partial charge >= 0.3 is 0 Å². The average Bonchev–Trinajstić information content (AvgIpc) is 2.59. The number of ether oxygens (including phenoxy) is 2. The quantitative estimate of drug-likeness (QED) is 0.738. The highest BCUT2D eigenvalue weighted by atomic mass is 16.5. The zero-order chi connectivity index (χ0) is 18.5. The monoisotopic (exact) mass is 360 g/mol. The fraction of sp³-hybridized carbons (Fsp3) is 0.727. The molecule has 4 heteroatoms. The zero-order valence-electron chi connectivity index (χ0n) is 17.0. The van der Waals surface area contributed by atoms with Gasteiger partial charge in [-0.1, -0.05) is 39.8 Å². The molecule has 3 rings (SSSR count). The lowest BCUT2D eigenvalue weighted by atomic mass is 10.00. The summed E-state index contributed by atoms with van der Waals surface area (Å²) in [7, 11) is 0. The Morgan fingerprint density at radius 1 is 1.12 bits per heavy atom. The minimum Gasteiger partial charge on any atom is -0.489 e. The highest BCUT2D eigenvalue weighted by Crippen LogP contribution is 2.36. The molecule has 4 nitrogen and oxygen atoms in total. The lowest BCUT2D eigenvalue weighted by Crippen LogP contribution is -2.46. The van der Waals surface area contributed by atoms with Crippen molar-refractivity contribution >= 4 is 5.69 Å². The van der Waals surface area contributed by atoms with E-state index in [1.807, 2.05) is 0 Å². The van der Waals surface area contributed by atoms with Gasteiger partial charge in [0.15, 0.2) is 0 Å². The van der Waals surface area contributed by atoms with Gasteiger partial charge in [0.2, 0.25) is 0 Å². The second kappa shape index (κ2) is 9.09. The first-order valence-electron chi connectivity index (χ1n) is 10.4. The van der Waals surface area contributed by atoms with Crippen molar-refractivity contribution in [2.45, 2.75) is 46.6 Å². The molecule has 1 aromatic rings. The van der Waals surface area contributed by atoms with E-state index in [1.54, 1.807) is 0 Å². The number of hydrogen-bond donors (Lipinski definition) is 0. The molecule has 1 unspecified atom stereocenters. The fourth-order valence-electron chi connectivity index (χ4n) is 4.19. The van der Waals surface area contributed by atoms with Gasteiger partial charge in [0.25, 0.3) is 0 Å². The molecule has 0 aromatic heterocycles. The van der Waals surface area contributed by atoms with E-state index in [4.69, 9.17) is 9.47 Å². The number of morpholine rings is 1. The maximum Gasteiger partial charge on any atom is 0.143 e. The van der Waals surface area contributed by atoms with Gasteiger partial charge in [-0.25, -0.2) is 0 Å². The SMILES string of the molecule is CC(C)CN1CCOC(COc2cccc3c2N(CC(C)C)CCC3)C1. The van der Waals surface area contributed by atoms with Crippen molar-refractivity contribution in [3.05, 3.63) is 23.8 Å². The van der Waals surface area contributed by atoms with Crippen LogP contribution in [0.3, 0.4) is 0 Å². The fourth-order valence-corrected chi connectivity index (χ4v) is 4.19. The summed E-state index contributed by atoms with van der Waals surface area (Å²) in [4.78, 5) is 5.03. The third kappa shape index (κ3) is 5.14. The van der Waals surface area contributed by atoms with Crippen molar-refractivity contribution in [3.63, 3.8) is 0 Å². The summed E-state index contributed by atoms with van der Waals surface area (Å²) in [5, 5.41) is 0. The second-order valence-electron chi connectivity index (χ2n) is 8.66. The molecule has 1 atom stereocenters. The van der Waals surface area contributed by atoms with Gasteiger partial charge in [-0.05, 0) is 36.3 Å². The highest BCUT2D eigenvalue weighted by molar-refractivity contribution is 5.65. The van der Waals surface area contributed by atoms with E-state index in [1.165, 1.54) is 17.7 Å². The zero-order valence-corrected chi connectivity index (χ0v) is 17.0. The standard InChI is InChI=1S/C22H36N2O2/c1-17(2)13-23-11-12-25-20(15-23)16-26-21-9-5-7-19-8-6-10-24(22(19)21)14-18(3)4/h5,7,9,17-18,20H,6,8,10-16H2,1-4H3. The summed E-state index contributed by atoms with van der Waals surface area (Å²) in [6.07, 6.45) is 2.56. The summed E-state index contributed by atoms with van der Waals surface area (Å²) in [6.45, 7) is 16.0. The summed E-state index contributed by atoms with van der Waals surface area (Å²) >= 11 is 0. The molecule has 0 saturated carbocycles. The first-order valence-corrected chi connectivity index (χ1v) is 10.4. The van der Waals surface area contributed by atoms with E-state index < -0.39 is 0 Å². The van der Waals surface area contributed by atoms with Crippen molar-refractivity contribution < 1.29 is 9.47 Å². The minimum absolute atomic E-state index is 0.167. The number of fused-ring (bicyclic) bond motifs is 1. The molecule has 1 saturated heterocycles. The Balaban J connectivity index is 1.65. The normalized spacial score (nSPS) is 21.3. The third-order valence-corrected chi connectivity index (χ3v) is 5.13. The lowest BCUT2D eigenvalue weighted by molar-refractivity contribution is -0.0504. The first kappa shape index (κ1) is 19.5. The lowest BCUT2D eigenvalue weighted by Gasteiger charge is -2.36. The van der Waals surface area contributed by atoms with Crippen LogP contribution in [-0.4, -0.2) is 56.9 Å². The summed E-state index contributed by atoms with van der Waals surface area (Å²) < 4.78 is 12.3. The molecule has 0 bridgehead atoms. The number of anilines is 1. The molecule has 2 heterocycles. The van der Waals surface area contributed by atoms with Crippen LogP contribution in [0.5, 0.6) is 5.75 Å². The predicted molar refractivity (Wildman–Crippen MR) is 108 cm³/mol. The molecule has 1 fully saturated rings. The van der Waals surface area contributed by atoms with E-state index in [0.29, 0.717) is 18.4 Å². The van der Waals surface area contributed by atoms with E-state index in [0.717, 1.165) is 51.5 Å². The molecule has 2 aliphatic heterocycles. The van der Waals surface area contributed by atoms with E-state index >= 15 is 0 Å². The Kier molecular flexibility index (Phi) is 6.82. The van der Waals surface area contributed by atoms with Crippen LogP contribution in [0.4, 0.5) is 5.69 Å². The predicted octanol–water partition coefficient (Wildman–Crippen LogP) is 3.83. The molecule has 146 valence electrons. The van der Waals surface area contributed by atoms with Crippen LogP contribution in [0, 0.1) is 11.8 Å². The van der Waals surface area contributed by atoms with E-state index in [9.17, 15) is 0 Å². The van der Waals surface area contributed by atoms with Gasteiger partial charge in [0, 0.05) is 32.7 Å². The summed E-state index contributed by atoms with van der Waals surface area (Å²) in [5.74, 6) is 2.38. The number of rotatable bonds is 7. The smallest absolute Gasteiger partial charge is 0.143 e. The topological polar surface area (TPSA) is 24.9 Å². The Bertz CT molecular complexity index is 573. The maximum absolute atomic E-state index is 6.32. The molecule has 0 spiro atoms. The number of aryl methyl sites for hydroxylation is 1. The molecular formula is C22H36N2O2. The molecule has 0 N–H and O–H groups in total. The second-order valence-corrected chi connectivity index (χ2v) is 8.66. The largest absolute Gasteiger partial charge is 0.489 e.